The molecule has 3 aromatic rings. The normalized spacial score (nSPS) is 21.9. The van der Waals surface area contributed by atoms with Gasteiger partial charge in [-0.2, -0.15) is 0 Å². The molecule has 0 unspecified atom stereocenters. The number of aromatic amines is 1. The van der Waals surface area contributed by atoms with Crippen LogP contribution >= 0.6 is 0 Å². The standard InChI is InChI=1S/C22H23N3O3/c1-27-20-9-5-2-6-15(20)12-25-19-13-24(14-21(19)28-22(25)26)11-16-10-23-18-8-4-3-7-17(16)18/h2-10,19,21,23H,11-14H2,1H3/t19-,21+/m1/s1. The summed E-state index contributed by atoms with van der Waals surface area (Å²) in [6.07, 6.45) is 1.78. The molecule has 5 rings (SSSR count). The van der Waals surface area contributed by atoms with Crippen LogP contribution in [-0.4, -0.2) is 53.2 Å². The molecule has 0 radical (unpaired) electrons. The van der Waals surface area contributed by atoms with Crippen molar-refractivity contribution in [1.29, 1.82) is 0 Å². The first kappa shape index (κ1) is 17.1. The van der Waals surface area contributed by atoms with Gasteiger partial charge in [0.25, 0.3) is 0 Å². The SMILES string of the molecule is COc1ccccc1CN1C(=O)O[C@H]2CN(Cc3c[nH]c4ccccc34)C[C@H]21. The van der Waals surface area contributed by atoms with Gasteiger partial charge in [0.1, 0.15) is 11.9 Å². The van der Waals surface area contributed by atoms with Crippen molar-refractivity contribution >= 4 is 17.0 Å². The smallest absolute Gasteiger partial charge is 0.410 e. The highest BCUT2D eigenvalue weighted by Crippen LogP contribution is 2.31. The summed E-state index contributed by atoms with van der Waals surface area (Å²) in [5.41, 5.74) is 3.43. The Kier molecular flexibility index (Phi) is 4.20. The van der Waals surface area contributed by atoms with Crippen LogP contribution in [0.1, 0.15) is 11.1 Å². The second kappa shape index (κ2) is 6.87. The fourth-order valence-corrected chi connectivity index (χ4v) is 4.41. The van der Waals surface area contributed by atoms with Gasteiger partial charge in [-0.1, -0.05) is 36.4 Å². The Morgan fingerprint density at radius 3 is 2.79 bits per heavy atom. The van der Waals surface area contributed by atoms with Crippen LogP contribution in [0.3, 0.4) is 0 Å². The highest BCUT2D eigenvalue weighted by molar-refractivity contribution is 5.83. The minimum atomic E-state index is -0.229. The Balaban J connectivity index is 1.32. The van der Waals surface area contributed by atoms with Gasteiger partial charge in [0.15, 0.2) is 0 Å². The maximum Gasteiger partial charge on any atom is 0.410 e. The molecule has 6 heteroatoms. The first-order valence-electron chi connectivity index (χ1n) is 9.59. The van der Waals surface area contributed by atoms with E-state index in [9.17, 15) is 4.79 Å². The number of amides is 1. The van der Waals surface area contributed by atoms with Crippen LogP contribution in [0.4, 0.5) is 4.79 Å². The van der Waals surface area contributed by atoms with Gasteiger partial charge in [-0.3, -0.25) is 9.80 Å². The predicted molar refractivity (Wildman–Crippen MR) is 106 cm³/mol. The van der Waals surface area contributed by atoms with Crippen LogP contribution in [0.5, 0.6) is 5.75 Å². The Bertz CT molecular complexity index is 1010. The Morgan fingerprint density at radius 2 is 1.89 bits per heavy atom. The summed E-state index contributed by atoms with van der Waals surface area (Å²) in [6.45, 7) is 2.92. The molecular formula is C22H23N3O3. The van der Waals surface area contributed by atoms with E-state index in [4.69, 9.17) is 9.47 Å². The molecule has 2 aliphatic rings. The average molecular weight is 377 g/mol. The van der Waals surface area contributed by atoms with Crippen molar-refractivity contribution in [3.8, 4) is 5.75 Å². The van der Waals surface area contributed by atoms with Gasteiger partial charge in [-0.05, 0) is 17.7 Å². The Hall–Kier alpha value is -2.99. The molecule has 2 fully saturated rings. The molecule has 1 N–H and O–H groups in total. The third-order valence-electron chi connectivity index (χ3n) is 5.80. The van der Waals surface area contributed by atoms with Crippen LogP contribution in [0.2, 0.25) is 0 Å². The average Bonchev–Trinajstić information content (AvgIpc) is 3.37. The molecule has 0 spiro atoms. The molecule has 1 amide bonds. The predicted octanol–water partition coefficient (Wildman–Crippen LogP) is 3.38. The van der Waals surface area contributed by atoms with E-state index in [1.807, 2.05) is 35.2 Å². The number of likely N-dealkylation sites (tertiary alicyclic amines) is 1. The zero-order valence-corrected chi connectivity index (χ0v) is 15.8. The summed E-state index contributed by atoms with van der Waals surface area (Å²) in [5, 5.41) is 1.25. The number of carbonyl (C=O) groups is 1. The maximum absolute atomic E-state index is 12.4. The van der Waals surface area contributed by atoms with Gasteiger partial charge >= 0.3 is 6.09 Å². The van der Waals surface area contributed by atoms with Gasteiger partial charge in [0.05, 0.1) is 19.7 Å². The van der Waals surface area contributed by atoms with Crippen molar-refractivity contribution in [2.75, 3.05) is 20.2 Å². The number of nitrogens with zero attached hydrogens (tertiary/aromatic N) is 2. The number of benzene rings is 2. The van der Waals surface area contributed by atoms with Crippen LogP contribution in [0.15, 0.2) is 54.7 Å². The van der Waals surface area contributed by atoms with E-state index in [0.29, 0.717) is 6.54 Å². The number of aromatic nitrogens is 1. The van der Waals surface area contributed by atoms with Crippen LogP contribution in [0, 0.1) is 0 Å². The summed E-state index contributed by atoms with van der Waals surface area (Å²) in [6, 6.07) is 16.2. The number of rotatable bonds is 5. The molecule has 1 aromatic heterocycles. The summed E-state index contributed by atoms with van der Waals surface area (Å²) in [4.78, 5) is 20.0. The summed E-state index contributed by atoms with van der Waals surface area (Å²) in [5.74, 6) is 0.799. The van der Waals surface area contributed by atoms with Crippen molar-refractivity contribution in [2.24, 2.45) is 0 Å². The molecule has 144 valence electrons. The molecule has 0 aliphatic carbocycles. The monoisotopic (exact) mass is 377 g/mol. The fraction of sp³-hybridized carbons (Fsp3) is 0.318. The molecule has 0 saturated carbocycles. The molecule has 28 heavy (non-hydrogen) atoms. The minimum Gasteiger partial charge on any atom is -0.496 e. The van der Waals surface area contributed by atoms with E-state index >= 15 is 0 Å². The molecule has 2 aromatic carbocycles. The number of para-hydroxylation sites is 2. The number of fused-ring (bicyclic) bond motifs is 2. The van der Waals surface area contributed by atoms with E-state index < -0.39 is 0 Å². The lowest BCUT2D eigenvalue weighted by Gasteiger charge is -2.23. The summed E-state index contributed by atoms with van der Waals surface area (Å²) < 4.78 is 11.1. The fourth-order valence-electron chi connectivity index (χ4n) is 4.41. The first-order chi connectivity index (χ1) is 13.7. The van der Waals surface area contributed by atoms with E-state index in [2.05, 4.69) is 34.3 Å². The Labute approximate surface area is 163 Å². The van der Waals surface area contributed by atoms with Crippen LogP contribution in [-0.2, 0) is 17.8 Å². The number of ether oxygens (including phenoxy) is 2. The van der Waals surface area contributed by atoms with Gasteiger partial charge in [-0.15, -0.1) is 0 Å². The lowest BCUT2D eigenvalue weighted by Crippen LogP contribution is -2.37. The minimum absolute atomic E-state index is 0.0719. The van der Waals surface area contributed by atoms with E-state index in [1.54, 1.807) is 7.11 Å². The zero-order valence-electron chi connectivity index (χ0n) is 15.8. The first-order valence-corrected chi connectivity index (χ1v) is 9.59. The summed E-state index contributed by atoms with van der Waals surface area (Å²) in [7, 11) is 1.66. The number of carbonyl (C=O) groups excluding carboxylic acids is 1. The van der Waals surface area contributed by atoms with Crippen LogP contribution < -0.4 is 4.74 Å². The molecule has 2 aliphatic heterocycles. The second-order valence-electron chi connectivity index (χ2n) is 7.48. The molecule has 0 bridgehead atoms. The zero-order chi connectivity index (χ0) is 19.1. The number of hydrogen-bond donors (Lipinski definition) is 1. The van der Waals surface area contributed by atoms with Crippen LogP contribution in [0.25, 0.3) is 10.9 Å². The van der Waals surface area contributed by atoms with Crippen molar-refractivity contribution in [3.63, 3.8) is 0 Å². The molecule has 3 heterocycles. The van der Waals surface area contributed by atoms with Gasteiger partial charge in [0, 0.05) is 42.3 Å². The largest absolute Gasteiger partial charge is 0.496 e. The molecule has 2 saturated heterocycles. The van der Waals surface area contributed by atoms with Crippen molar-refractivity contribution < 1.29 is 14.3 Å². The highest BCUT2D eigenvalue weighted by atomic mass is 16.6. The maximum atomic E-state index is 12.4. The Morgan fingerprint density at radius 1 is 1.07 bits per heavy atom. The van der Waals surface area contributed by atoms with Gasteiger partial charge in [-0.25, -0.2) is 4.79 Å². The van der Waals surface area contributed by atoms with E-state index in [1.165, 1.54) is 10.9 Å². The highest BCUT2D eigenvalue weighted by Gasteiger charge is 2.47. The lowest BCUT2D eigenvalue weighted by atomic mass is 10.1. The van der Waals surface area contributed by atoms with Crippen molar-refractivity contribution in [3.05, 3.63) is 65.9 Å². The molecule has 2 atom stereocenters. The van der Waals surface area contributed by atoms with E-state index in [0.717, 1.165) is 36.5 Å². The number of H-pyrrole nitrogens is 1. The number of hydrogen-bond acceptors (Lipinski definition) is 4. The number of methoxy groups -OCH3 is 1. The lowest BCUT2D eigenvalue weighted by molar-refractivity contribution is 0.119. The van der Waals surface area contributed by atoms with Gasteiger partial charge in [0.2, 0.25) is 0 Å². The van der Waals surface area contributed by atoms with Crippen molar-refractivity contribution in [2.45, 2.75) is 25.2 Å². The molecule has 6 nitrogen and oxygen atoms in total. The molecular weight excluding hydrogens is 354 g/mol. The topological polar surface area (TPSA) is 57.8 Å². The quantitative estimate of drug-likeness (QED) is 0.741. The number of nitrogens with one attached hydrogen (secondary N) is 1. The third kappa shape index (κ3) is 2.90. The second-order valence-corrected chi connectivity index (χ2v) is 7.48. The van der Waals surface area contributed by atoms with Gasteiger partial charge < -0.3 is 14.5 Å². The van der Waals surface area contributed by atoms with Crippen molar-refractivity contribution in [1.82, 2.24) is 14.8 Å². The van der Waals surface area contributed by atoms with E-state index in [-0.39, 0.29) is 18.2 Å². The third-order valence-corrected chi connectivity index (χ3v) is 5.80. The summed E-state index contributed by atoms with van der Waals surface area (Å²) >= 11 is 0.